The number of carbonyl (C=O) groups is 1. The Morgan fingerprint density at radius 2 is 2.11 bits per heavy atom. The highest BCUT2D eigenvalue weighted by molar-refractivity contribution is 7.90. The molecule has 0 saturated carbocycles. The molecule has 0 atom stereocenters. The SMILES string of the molecule is Cc1ccc(NS(=O)(=O)N(C)CCC(=O)O)c(F)c1. The molecule has 2 N–H and O–H groups in total. The highest BCUT2D eigenvalue weighted by atomic mass is 32.2. The molecule has 6 nitrogen and oxygen atoms in total. The quantitative estimate of drug-likeness (QED) is 0.824. The smallest absolute Gasteiger partial charge is 0.304 e. The summed E-state index contributed by atoms with van der Waals surface area (Å²) in [5.74, 6) is -1.79. The molecule has 19 heavy (non-hydrogen) atoms. The second-order valence-corrected chi connectivity index (χ2v) is 5.83. The summed E-state index contributed by atoms with van der Waals surface area (Å²) in [5, 5.41) is 8.49. The Morgan fingerprint density at radius 1 is 1.47 bits per heavy atom. The van der Waals surface area contributed by atoms with E-state index in [-0.39, 0.29) is 18.7 Å². The number of rotatable bonds is 6. The van der Waals surface area contributed by atoms with E-state index in [1.54, 1.807) is 13.0 Å². The Morgan fingerprint density at radius 3 is 2.63 bits per heavy atom. The Kier molecular flexibility index (Phi) is 4.84. The molecule has 1 aromatic carbocycles. The van der Waals surface area contributed by atoms with Crippen molar-refractivity contribution in [2.75, 3.05) is 18.3 Å². The van der Waals surface area contributed by atoms with Gasteiger partial charge in [0.05, 0.1) is 12.1 Å². The summed E-state index contributed by atoms with van der Waals surface area (Å²) >= 11 is 0. The number of aryl methyl sites for hydroxylation is 1. The van der Waals surface area contributed by atoms with Crippen molar-refractivity contribution in [1.29, 1.82) is 0 Å². The van der Waals surface area contributed by atoms with Gasteiger partial charge in [-0.1, -0.05) is 6.07 Å². The number of aliphatic carboxylic acids is 1. The molecule has 0 aliphatic heterocycles. The largest absolute Gasteiger partial charge is 0.481 e. The van der Waals surface area contributed by atoms with Crippen molar-refractivity contribution in [3.63, 3.8) is 0 Å². The van der Waals surface area contributed by atoms with Gasteiger partial charge in [-0.05, 0) is 24.6 Å². The van der Waals surface area contributed by atoms with E-state index in [9.17, 15) is 17.6 Å². The van der Waals surface area contributed by atoms with Gasteiger partial charge in [-0.2, -0.15) is 12.7 Å². The zero-order valence-corrected chi connectivity index (χ0v) is 11.4. The number of nitrogens with zero attached hydrogens (tertiary/aromatic N) is 1. The lowest BCUT2D eigenvalue weighted by molar-refractivity contribution is -0.137. The fourth-order valence-corrected chi connectivity index (χ4v) is 2.22. The maximum atomic E-state index is 13.5. The topological polar surface area (TPSA) is 86.7 Å². The van der Waals surface area contributed by atoms with Crippen LogP contribution in [0.25, 0.3) is 0 Å². The number of benzene rings is 1. The maximum Gasteiger partial charge on any atom is 0.304 e. The summed E-state index contributed by atoms with van der Waals surface area (Å²) in [6.07, 6.45) is -0.326. The normalized spacial score (nSPS) is 11.6. The minimum Gasteiger partial charge on any atom is -0.481 e. The van der Waals surface area contributed by atoms with Crippen molar-refractivity contribution in [2.45, 2.75) is 13.3 Å². The van der Waals surface area contributed by atoms with Crippen LogP contribution in [0.2, 0.25) is 0 Å². The molecule has 0 fully saturated rings. The molecule has 0 aliphatic rings. The van der Waals surface area contributed by atoms with Crippen LogP contribution in [0.1, 0.15) is 12.0 Å². The van der Waals surface area contributed by atoms with Crippen molar-refractivity contribution in [2.24, 2.45) is 0 Å². The van der Waals surface area contributed by atoms with Crippen LogP contribution in [0.4, 0.5) is 10.1 Å². The van der Waals surface area contributed by atoms with E-state index in [2.05, 4.69) is 4.72 Å². The second-order valence-electron chi connectivity index (χ2n) is 4.06. The monoisotopic (exact) mass is 290 g/mol. The van der Waals surface area contributed by atoms with Crippen LogP contribution in [0.15, 0.2) is 18.2 Å². The lowest BCUT2D eigenvalue weighted by Crippen LogP contribution is -2.34. The Labute approximate surface area is 111 Å². The summed E-state index contributed by atoms with van der Waals surface area (Å²) in [6.45, 7) is 1.48. The minimum atomic E-state index is -3.96. The van der Waals surface area contributed by atoms with Crippen LogP contribution in [-0.2, 0) is 15.0 Å². The molecular weight excluding hydrogens is 275 g/mol. The summed E-state index contributed by atoms with van der Waals surface area (Å²) < 4.78 is 40.0. The van der Waals surface area contributed by atoms with Crippen LogP contribution in [-0.4, -0.2) is 37.4 Å². The molecule has 0 unspecified atom stereocenters. The molecule has 0 aliphatic carbocycles. The van der Waals surface area contributed by atoms with Gasteiger partial charge in [-0.3, -0.25) is 9.52 Å². The van der Waals surface area contributed by atoms with Crippen molar-refractivity contribution in [3.8, 4) is 0 Å². The molecule has 0 radical (unpaired) electrons. The van der Waals surface area contributed by atoms with E-state index < -0.39 is 22.0 Å². The molecule has 0 saturated heterocycles. The summed E-state index contributed by atoms with van der Waals surface area (Å²) in [6, 6.07) is 4.08. The van der Waals surface area contributed by atoms with Crippen molar-refractivity contribution >= 4 is 21.9 Å². The molecule has 1 aromatic rings. The number of carboxylic acids is 1. The first kappa shape index (κ1) is 15.4. The fourth-order valence-electron chi connectivity index (χ4n) is 1.29. The van der Waals surface area contributed by atoms with Gasteiger partial charge >= 0.3 is 16.2 Å². The molecule has 0 bridgehead atoms. The van der Waals surface area contributed by atoms with Crippen LogP contribution >= 0.6 is 0 Å². The summed E-state index contributed by atoms with van der Waals surface area (Å²) in [4.78, 5) is 10.4. The van der Waals surface area contributed by atoms with E-state index in [0.29, 0.717) is 5.56 Å². The molecule has 0 spiro atoms. The predicted molar refractivity (Wildman–Crippen MR) is 68.6 cm³/mol. The molecule has 0 heterocycles. The van der Waals surface area contributed by atoms with Gasteiger partial charge in [0.15, 0.2) is 0 Å². The number of hydrogen-bond donors (Lipinski definition) is 2. The number of nitrogens with one attached hydrogen (secondary N) is 1. The van der Waals surface area contributed by atoms with Gasteiger partial charge in [0.1, 0.15) is 5.82 Å². The third-order valence-corrected chi connectivity index (χ3v) is 3.90. The molecule has 0 amide bonds. The van der Waals surface area contributed by atoms with Crippen LogP contribution in [0.3, 0.4) is 0 Å². The van der Waals surface area contributed by atoms with Crippen molar-refractivity contribution in [3.05, 3.63) is 29.6 Å². The summed E-state index contributed by atoms with van der Waals surface area (Å²) in [7, 11) is -2.74. The van der Waals surface area contributed by atoms with Crippen LogP contribution in [0, 0.1) is 12.7 Å². The van der Waals surface area contributed by atoms with Crippen LogP contribution < -0.4 is 4.72 Å². The Balaban J connectivity index is 2.81. The van der Waals surface area contributed by atoms with Crippen LogP contribution in [0.5, 0.6) is 0 Å². The molecule has 1 rings (SSSR count). The molecule has 8 heteroatoms. The standard InChI is InChI=1S/C11H15FN2O4S/c1-8-3-4-10(9(12)7-8)13-19(17,18)14(2)6-5-11(15)16/h3-4,7,13H,5-6H2,1-2H3,(H,15,16). The minimum absolute atomic E-state index is 0.173. The maximum absolute atomic E-state index is 13.5. The zero-order valence-electron chi connectivity index (χ0n) is 10.6. The number of anilines is 1. The lowest BCUT2D eigenvalue weighted by atomic mass is 10.2. The molecule has 0 aromatic heterocycles. The molecule has 106 valence electrons. The van der Waals surface area contributed by atoms with Crippen molar-refractivity contribution in [1.82, 2.24) is 4.31 Å². The third kappa shape index (κ3) is 4.49. The van der Waals surface area contributed by atoms with Gasteiger partial charge in [0, 0.05) is 13.6 Å². The number of carboxylic acid groups (broad SMARTS) is 1. The average molecular weight is 290 g/mol. The average Bonchev–Trinajstić information content (AvgIpc) is 2.29. The van der Waals surface area contributed by atoms with E-state index in [4.69, 9.17) is 5.11 Å². The van der Waals surface area contributed by atoms with E-state index in [1.807, 2.05) is 0 Å². The van der Waals surface area contributed by atoms with Gasteiger partial charge in [0.2, 0.25) is 0 Å². The Bertz CT molecular complexity index is 574. The summed E-state index contributed by atoms with van der Waals surface area (Å²) in [5.41, 5.74) is 0.493. The van der Waals surface area contributed by atoms with Gasteiger partial charge in [-0.25, -0.2) is 4.39 Å². The highest BCUT2D eigenvalue weighted by Gasteiger charge is 2.19. The Hall–Kier alpha value is -1.67. The van der Waals surface area contributed by atoms with Gasteiger partial charge < -0.3 is 5.11 Å². The molecular formula is C11H15FN2O4S. The second kappa shape index (κ2) is 5.98. The zero-order chi connectivity index (χ0) is 14.6. The highest BCUT2D eigenvalue weighted by Crippen LogP contribution is 2.17. The first-order valence-electron chi connectivity index (χ1n) is 5.44. The predicted octanol–water partition coefficient (Wildman–Crippen LogP) is 1.20. The number of halogens is 1. The first-order chi connectivity index (χ1) is 8.72. The van der Waals surface area contributed by atoms with E-state index in [1.165, 1.54) is 19.2 Å². The third-order valence-electron chi connectivity index (χ3n) is 2.41. The van der Waals surface area contributed by atoms with Crippen molar-refractivity contribution < 1.29 is 22.7 Å². The number of hydrogen-bond acceptors (Lipinski definition) is 3. The van der Waals surface area contributed by atoms with E-state index >= 15 is 0 Å². The fraction of sp³-hybridized carbons (Fsp3) is 0.364. The van der Waals surface area contributed by atoms with Gasteiger partial charge in [-0.15, -0.1) is 0 Å². The lowest BCUT2D eigenvalue weighted by Gasteiger charge is -2.17. The first-order valence-corrected chi connectivity index (χ1v) is 6.88. The van der Waals surface area contributed by atoms with Gasteiger partial charge in [0.25, 0.3) is 0 Å². The van der Waals surface area contributed by atoms with E-state index in [0.717, 1.165) is 4.31 Å².